The number of thioether (sulfide) groups is 1. The summed E-state index contributed by atoms with van der Waals surface area (Å²) in [6.45, 7) is 4.03. The Morgan fingerprint density at radius 3 is 3.00 bits per heavy atom. The van der Waals surface area contributed by atoms with Gasteiger partial charge in [0.15, 0.2) is 5.16 Å². The third kappa shape index (κ3) is 3.61. The molecule has 1 fully saturated rings. The summed E-state index contributed by atoms with van der Waals surface area (Å²) in [6, 6.07) is 0.184. The Bertz CT molecular complexity index is 489. The maximum absolute atomic E-state index is 11.8. The summed E-state index contributed by atoms with van der Waals surface area (Å²) in [5, 5.41) is 14.0. The summed E-state index contributed by atoms with van der Waals surface area (Å²) in [5.74, 6) is 0.412. The van der Waals surface area contributed by atoms with Crippen molar-refractivity contribution < 1.29 is 9.90 Å². The first kappa shape index (κ1) is 16.4. The minimum Gasteiger partial charge on any atom is -0.480 e. The van der Waals surface area contributed by atoms with Gasteiger partial charge in [-0.2, -0.15) is 0 Å². The molecule has 118 valence electrons. The quantitative estimate of drug-likeness (QED) is 0.757. The van der Waals surface area contributed by atoms with Crippen LogP contribution in [0.1, 0.15) is 39.5 Å². The second kappa shape index (κ2) is 6.83. The van der Waals surface area contributed by atoms with Crippen LogP contribution in [0.2, 0.25) is 0 Å². The van der Waals surface area contributed by atoms with Gasteiger partial charge in [-0.25, -0.2) is 4.98 Å². The van der Waals surface area contributed by atoms with E-state index in [1.807, 2.05) is 31.7 Å². The van der Waals surface area contributed by atoms with Gasteiger partial charge in [-0.3, -0.25) is 10.1 Å². The highest BCUT2D eigenvalue weighted by molar-refractivity contribution is 7.99. The fourth-order valence-corrected chi connectivity index (χ4v) is 4.29. The van der Waals surface area contributed by atoms with E-state index in [0.717, 1.165) is 36.6 Å². The van der Waals surface area contributed by atoms with E-state index in [9.17, 15) is 9.90 Å². The van der Waals surface area contributed by atoms with E-state index in [4.69, 9.17) is 0 Å². The third-order valence-corrected chi connectivity index (χ3v) is 5.31. The van der Waals surface area contributed by atoms with Crippen molar-refractivity contribution in [1.82, 2.24) is 14.9 Å². The highest BCUT2D eigenvalue weighted by Gasteiger charge is 2.48. The molecule has 1 heterocycles. The first-order chi connectivity index (χ1) is 9.95. The average Bonchev–Trinajstić information content (AvgIpc) is 2.97. The summed E-state index contributed by atoms with van der Waals surface area (Å²) in [6.07, 6.45) is 7.35. The van der Waals surface area contributed by atoms with E-state index < -0.39 is 11.5 Å². The fourth-order valence-electron chi connectivity index (χ4n) is 3.30. The molecule has 5 nitrogen and oxygen atoms in total. The number of nitrogens with one attached hydrogen (secondary N) is 1. The van der Waals surface area contributed by atoms with Crippen LogP contribution in [0.5, 0.6) is 0 Å². The smallest absolute Gasteiger partial charge is 0.324 e. The molecule has 1 aromatic rings. The topological polar surface area (TPSA) is 67.2 Å². The Balaban J connectivity index is 1.97. The van der Waals surface area contributed by atoms with Crippen molar-refractivity contribution in [3.8, 4) is 0 Å². The SMILES string of the molecule is CC(C)NC1(C(=O)O)CCCC1CCSc1nccn1C. The van der Waals surface area contributed by atoms with Gasteiger partial charge in [0.05, 0.1) is 0 Å². The summed E-state index contributed by atoms with van der Waals surface area (Å²) in [4.78, 5) is 16.1. The molecule has 6 heteroatoms. The molecule has 0 aliphatic heterocycles. The van der Waals surface area contributed by atoms with Gasteiger partial charge in [-0.15, -0.1) is 0 Å². The summed E-state index contributed by atoms with van der Waals surface area (Å²) < 4.78 is 2.00. The number of carbonyl (C=O) groups is 1. The van der Waals surface area contributed by atoms with Crippen LogP contribution in [0, 0.1) is 5.92 Å². The number of nitrogens with zero attached hydrogens (tertiary/aromatic N) is 2. The fraction of sp³-hybridized carbons (Fsp3) is 0.733. The van der Waals surface area contributed by atoms with Crippen LogP contribution in [-0.4, -0.2) is 38.0 Å². The summed E-state index contributed by atoms with van der Waals surface area (Å²) in [7, 11) is 1.98. The Morgan fingerprint density at radius 1 is 1.67 bits per heavy atom. The number of rotatable bonds is 7. The molecule has 0 amide bonds. The van der Waals surface area contributed by atoms with E-state index >= 15 is 0 Å². The molecule has 1 aliphatic carbocycles. The zero-order chi connectivity index (χ0) is 15.5. The molecular formula is C15H25N3O2S. The van der Waals surface area contributed by atoms with Crippen LogP contribution in [-0.2, 0) is 11.8 Å². The molecule has 1 saturated carbocycles. The Morgan fingerprint density at radius 2 is 2.43 bits per heavy atom. The molecule has 2 unspecified atom stereocenters. The number of carboxylic acids is 1. The lowest BCUT2D eigenvalue weighted by Crippen LogP contribution is -2.57. The molecule has 0 saturated heterocycles. The van der Waals surface area contributed by atoms with Crippen LogP contribution in [0.15, 0.2) is 17.6 Å². The second-order valence-corrected chi connectivity index (χ2v) is 7.18. The van der Waals surface area contributed by atoms with Crippen molar-refractivity contribution in [2.75, 3.05) is 5.75 Å². The minimum absolute atomic E-state index is 0.184. The summed E-state index contributed by atoms with van der Waals surface area (Å²) >= 11 is 1.70. The summed E-state index contributed by atoms with van der Waals surface area (Å²) in [5.41, 5.74) is -0.740. The molecule has 0 aromatic carbocycles. The molecule has 21 heavy (non-hydrogen) atoms. The van der Waals surface area contributed by atoms with Crippen LogP contribution < -0.4 is 5.32 Å². The van der Waals surface area contributed by atoms with E-state index in [1.54, 1.807) is 18.0 Å². The lowest BCUT2D eigenvalue weighted by atomic mass is 9.84. The number of hydrogen-bond acceptors (Lipinski definition) is 4. The van der Waals surface area contributed by atoms with Crippen LogP contribution in [0.25, 0.3) is 0 Å². The van der Waals surface area contributed by atoms with E-state index in [-0.39, 0.29) is 12.0 Å². The molecule has 0 bridgehead atoms. The highest BCUT2D eigenvalue weighted by atomic mass is 32.2. The Kier molecular flexibility index (Phi) is 5.32. The van der Waals surface area contributed by atoms with Gasteiger partial charge in [0.25, 0.3) is 0 Å². The van der Waals surface area contributed by atoms with E-state index in [1.165, 1.54) is 0 Å². The highest BCUT2D eigenvalue weighted by Crippen LogP contribution is 2.39. The predicted molar refractivity (Wildman–Crippen MR) is 84.5 cm³/mol. The maximum Gasteiger partial charge on any atom is 0.324 e. The van der Waals surface area contributed by atoms with Gasteiger partial charge < -0.3 is 9.67 Å². The second-order valence-electron chi connectivity index (χ2n) is 6.12. The molecule has 2 atom stereocenters. The van der Waals surface area contributed by atoms with Crippen molar-refractivity contribution in [3.63, 3.8) is 0 Å². The normalized spacial score (nSPS) is 25.6. The molecular weight excluding hydrogens is 286 g/mol. The zero-order valence-electron chi connectivity index (χ0n) is 13.0. The molecule has 0 spiro atoms. The van der Waals surface area contributed by atoms with Gasteiger partial charge in [0.1, 0.15) is 5.54 Å². The van der Waals surface area contributed by atoms with Gasteiger partial charge in [0.2, 0.25) is 0 Å². The average molecular weight is 311 g/mol. The van der Waals surface area contributed by atoms with Crippen molar-refractivity contribution in [3.05, 3.63) is 12.4 Å². The molecule has 1 aromatic heterocycles. The maximum atomic E-state index is 11.8. The third-order valence-electron chi connectivity index (χ3n) is 4.22. The van der Waals surface area contributed by atoms with Gasteiger partial charge >= 0.3 is 5.97 Å². The van der Waals surface area contributed by atoms with Gasteiger partial charge in [0, 0.05) is 31.2 Å². The monoisotopic (exact) mass is 311 g/mol. The number of aryl methyl sites for hydroxylation is 1. The lowest BCUT2D eigenvalue weighted by Gasteiger charge is -2.34. The largest absolute Gasteiger partial charge is 0.480 e. The number of hydrogen-bond donors (Lipinski definition) is 2. The molecule has 1 aliphatic rings. The van der Waals surface area contributed by atoms with Gasteiger partial charge in [-0.1, -0.05) is 18.2 Å². The minimum atomic E-state index is -0.740. The van der Waals surface area contributed by atoms with Crippen LogP contribution >= 0.6 is 11.8 Å². The van der Waals surface area contributed by atoms with Crippen molar-refractivity contribution in [1.29, 1.82) is 0 Å². The molecule has 2 N–H and O–H groups in total. The van der Waals surface area contributed by atoms with E-state index in [2.05, 4.69) is 10.3 Å². The zero-order valence-corrected chi connectivity index (χ0v) is 13.8. The standard InChI is InChI=1S/C15H25N3O2S/c1-11(2)17-15(13(19)20)7-4-5-12(15)6-10-21-14-16-8-9-18(14)3/h8-9,11-12,17H,4-7,10H2,1-3H3,(H,19,20). The van der Waals surface area contributed by atoms with E-state index in [0.29, 0.717) is 0 Å². The number of aliphatic carboxylic acids is 1. The van der Waals surface area contributed by atoms with Crippen molar-refractivity contribution >= 4 is 17.7 Å². The number of aromatic nitrogens is 2. The Hall–Kier alpha value is -1.01. The molecule has 0 radical (unpaired) electrons. The first-order valence-corrected chi connectivity index (χ1v) is 8.55. The molecule has 2 rings (SSSR count). The van der Waals surface area contributed by atoms with Crippen LogP contribution in [0.3, 0.4) is 0 Å². The first-order valence-electron chi connectivity index (χ1n) is 7.57. The van der Waals surface area contributed by atoms with Crippen molar-refractivity contribution in [2.24, 2.45) is 13.0 Å². The predicted octanol–water partition coefficient (Wildman–Crippen LogP) is 2.52. The Labute approximate surface area is 130 Å². The van der Waals surface area contributed by atoms with Crippen molar-refractivity contribution in [2.45, 2.75) is 56.3 Å². The van der Waals surface area contributed by atoms with Crippen LogP contribution in [0.4, 0.5) is 0 Å². The number of imidazole rings is 1. The lowest BCUT2D eigenvalue weighted by molar-refractivity contribution is -0.147. The van der Waals surface area contributed by atoms with Gasteiger partial charge in [-0.05, 0) is 39.0 Å². The number of carboxylic acid groups (broad SMARTS) is 1.